The molecule has 0 unspecified atom stereocenters. The zero-order chi connectivity index (χ0) is 11.7. The zero-order valence-electron chi connectivity index (χ0n) is 9.64. The highest BCUT2D eigenvalue weighted by Crippen LogP contribution is 2.27. The van der Waals surface area contributed by atoms with Crippen molar-refractivity contribution in [2.75, 3.05) is 0 Å². The lowest BCUT2D eigenvalue weighted by atomic mass is 10.1. The van der Waals surface area contributed by atoms with E-state index < -0.39 is 0 Å². The maximum atomic E-state index is 4.43. The van der Waals surface area contributed by atoms with E-state index in [1.54, 1.807) is 6.33 Å². The number of hydrogen-bond acceptors (Lipinski definition) is 2. The van der Waals surface area contributed by atoms with Gasteiger partial charge in [0.1, 0.15) is 12.0 Å². The van der Waals surface area contributed by atoms with Crippen LogP contribution in [-0.4, -0.2) is 15.0 Å². The van der Waals surface area contributed by atoms with Gasteiger partial charge in [-0.15, -0.1) is 0 Å². The van der Waals surface area contributed by atoms with Crippen molar-refractivity contribution in [3.05, 3.63) is 48.4 Å². The monoisotopic (exact) mass is 223 g/mol. The highest BCUT2D eigenvalue weighted by atomic mass is 14.9. The van der Waals surface area contributed by atoms with Crippen molar-refractivity contribution in [3.8, 4) is 11.3 Å². The minimum atomic E-state index is 0.913. The van der Waals surface area contributed by atoms with Gasteiger partial charge in [-0.05, 0) is 12.0 Å². The first kappa shape index (κ1) is 10.0. The van der Waals surface area contributed by atoms with Crippen LogP contribution in [0.4, 0.5) is 0 Å². The number of aromatic amines is 1. The van der Waals surface area contributed by atoms with Gasteiger partial charge in [-0.3, -0.25) is 0 Å². The summed E-state index contributed by atoms with van der Waals surface area (Å²) in [4.78, 5) is 11.9. The summed E-state index contributed by atoms with van der Waals surface area (Å²) in [6.07, 6.45) is 4.61. The van der Waals surface area contributed by atoms with Gasteiger partial charge in [0.05, 0.1) is 5.69 Å². The van der Waals surface area contributed by atoms with E-state index in [0.717, 1.165) is 28.7 Å². The van der Waals surface area contributed by atoms with Gasteiger partial charge in [-0.25, -0.2) is 9.97 Å². The topological polar surface area (TPSA) is 41.6 Å². The van der Waals surface area contributed by atoms with Crippen molar-refractivity contribution in [2.45, 2.75) is 13.3 Å². The fourth-order valence-electron chi connectivity index (χ4n) is 2.12. The van der Waals surface area contributed by atoms with Crippen LogP contribution >= 0.6 is 0 Å². The summed E-state index contributed by atoms with van der Waals surface area (Å²) in [6, 6.07) is 10.2. The standard InChI is InChI=1S/C14H13N3/c1-2-10-8-15-14-12(10)13(16-9-17-14)11-6-4-3-5-7-11/h3-9H,2H2,1H3,(H,15,16,17). The summed E-state index contributed by atoms with van der Waals surface area (Å²) < 4.78 is 0. The summed E-state index contributed by atoms with van der Waals surface area (Å²) in [7, 11) is 0. The molecule has 0 aliphatic carbocycles. The summed E-state index contributed by atoms with van der Waals surface area (Å²) in [5.41, 5.74) is 4.32. The molecule has 3 aromatic rings. The van der Waals surface area contributed by atoms with E-state index in [-0.39, 0.29) is 0 Å². The maximum absolute atomic E-state index is 4.43. The van der Waals surface area contributed by atoms with Crippen molar-refractivity contribution in [3.63, 3.8) is 0 Å². The maximum Gasteiger partial charge on any atom is 0.141 e. The molecule has 0 saturated carbocycles. The Morgan fingerprint density at radius 1 is 1.12 bits per heavy atom. The minimum Gasteiger partial charge on any atom is -0.346 e. The first-order valence-electron chi connectivity index (χ1n) is 5.76. The molecule has 3 nitrogen and oxygen atoms in total. The Morgan fingerprint density at radius 2 is 1.94 bits per heavy atom. The Balaban J connectivity index is 2.33. The Labute approximate surface area is 99.5 Å². The molecule has 1 aromatic carbocycles. The summed E-state index contributed by atoms with van der Waals surface area (Å²) in [5, 5.41) is 1.14. The second kappa shape index (κ2) is 4.01. The van der Waals surface area contributed by atoms with E-state index in [4.69, 9.17) is 0 Å². The zero-order valence-corrected chi connectivity index (χ0v) is 9.64. The Kier molecular flexibility index (Phi) is 2.37. The highest BCUT2D eigenvalue weighted by Gasteiger charge is 2.10. The van der Waals surface area contributed by atoms with Gasteiger partial charge < -0.3 is 4.98 Å². The van der Waals surface area contributed by atoms with E-state index in [2.05, 4.69) is 34.0 Å². The molecule has 0 aliphatic heterocycles. The van der Waals surface area contributed by atoms with E-state index in [9.17, 15) is 0 Å². The van der Waals surface area contributed by atoms with Crippen molar-refractivity contribution in [2.24, 2.45) is 0 Å². The van der Waals surface area contributed by atoms with Gasteiger partial charge in [0.15, 0.2) is 0 Å². The molecule has 0 atom stereocenters. The van der Waals surface area contributed by atoms with Crippen LogP contribution in [-0.2, 0) is 6.42 Å². The van der Waals surface area contributed by atoms with E-state index in [0.29, 0.717) is 0 Å². The molecule has 0 aliphatic rings. The van der Waals surface area contributed by atoms with Crippen molar-refractivity contribution < 1.29 is 0 Å². The van der Waals surface area contributed by atoms with Crippen LogP contribution in [0.25, 0.3) is 22.3 Å². The van der Waals surface area contributed by atoms with Crippen LogP contribution < -0.4 is 0 Å². The quantitative estimate of drug-likeness (QED) is 0.725. The van der Waals surface area contributed by atoms with Crippen LogP contribution in [0.15, 0.2) is 42.9 Å². The second-order valence-electron chi connectivity index (χ2n) is 3.98. The van der Waals surface area contributed by atoms with E-state index in [1.165, 1.54) is 5.56 Å². The van der Waals surface area contributed by atoms with Gasteiger partial charge in [0, 0.05) is 17.1 Å². The van der Waals surface area contributed by atoms with E-state index >= 15 is 0 Å². The molecule has 1 N–H and O–H groups in total. The lowest BCUT2D eigenvalue weighted by Gasteiger charge is -2.03. The number of nitrogens with one attached hydrogen (secondary N) is 1. The number of nitrogens with zero attached hydrogens (tertiary/aromatic N) is 2. The molecule has 84 valence electrons. The van der Waals surface area contributed by atoms with Crippen molar-refractivity contribution in [1.29, 1.82) is 0 Å². The lowest BCUT2D eigenvalue weighted by Crippen LogP contribution is -1.89. The van der Waals surface area contributed by atoms with Gasteiger partial charge >= 0.3 is 0 Å². The molecule has 0 saturated heterocycles. The Morgan fingerprint density at radius 3 is 2.71 bits per heavy atom. The summed E-state index contributed by atoms with van der Waals surface area (Å²) >= 11 is 0. The smallest absolute Gasteiger partial charge is 0.141 e. The minimum absolute atomic E-state index is 0.913. The normalized spacial score (nSPS) is 10.9. The number of aromatic nitrogens is 3. The lowest BCUT2D eigenvalue weighted by molar-refractivity contribution is 1.15. The van der Waals surface area contributed by atoms with Crippen LogP contribution in [0.3, 0.4) is 0 Å². The summed E-state index contributed by atoms with van der Waals surface area (Å²) in [6.45, 7) is 2.14. The molecule has 0 bridgehead atoms. The third-order valence-electron chi connectivity index (χ3n) is 2.98. The number of hydrogen-bond donors (Lipinski definition) is 1. The van der Waals surface area contributed by atoms with Gasteiger partial charge in [0.25, 0.3) is 0 Å². The number of fused-ring (bicyclic) bond motifs is 1. The molecule has 17 heavy (non-hydrogen) atoms. The molecule has 3 rings (SSSR count). The first-order chi connectivity index (χ1) is 8.40. The van der Waals surface area contributed by atoms with Crippen LogP contribution in [0.2, 0.25) is 0 Å². The molecular formula is C14H13N3. The Bertz CT molecular complexity index is 641. The van der Waals surface area contributed by atoms with Gasteiger partial charge in [0.2, 0.25) is 0 Å². The molecule has 0 radical (unpaired) electrons. The third-order valence-corrected chi connectivity index (χ3v) is 2.98. The predicted molar refractivity (Wildman–Crippen MR) is 68.7 cm³/mol. The number of benzene rings is 1. The van der Waals surface area contributed by atoms with Gasteiger partial charge in [-0.1, -0.05) is 37.3 Å². The average molecular weight is 223 g/mol. The van der Waals surface area contributed by atoms with E-state index in [1.807, 2.05) is 24.4 Å². The van der Waals surface area contributed by atoms with Crippen molar-refractivity contribution in [1.82, 2.24) is 15.0 Å². The number of aryl methyl sites for hydroxylation is 1. The largest absolute Gasteiger partial charge is 0.346 e. The highest BCUT2D eigenvalue weighted by molar-refractivity contribution is 5.93. The molecule has 2 heterocycles. The fourth-order valence-corrected chi connectivity index (χ4v) is 2.12. The molecule has 2 aromatic heterocycles. The third kappa shape index (κ3) is 1.60. The first-order valence-corrected chi connectivity index (χ1v) is 5.76. The Hall–Kier alpha value is -2.16. The average Bonchev–Trinajstić information content (AvgIpc) is 2.82. The predicted octanol–water partition coefficient (Wildman–Crippen LogP) is 3.19. The molecule has 0 spiro atoms. The number of H-pyrrole nitrogens is 1. The van der Waals surface area contributed by atoms with Gasteiger partial charge in [-0.2, -0.15) is 0 Å². The van der Waals surface area contributed by atoms with Crippen LogP contribution in [0, 0.1) is 0 Å². The second-order valence-corrected chi connectivity index (χ2v) is 3.98. The summed E-state index contributed by atoms with van der Waals surface area (Å²) in [5.74, 6) is 0. The molecule has 0 amide bonds. The fraction of sp³-hybridized carbons (Fsp3) is 0.143. The van der Waals surface area contributed by atoms with Crippen LogP contribution in [0.1, 0.15) is 12.5 Å². The molecular weight excluding hydrogens is 210 g/mol. The SMILES string of the molecule is CCc1c[nH]c2ncnc(-c3ccccc3)c12. The number of rotatable bonds is 2. The van der Waals surface area contributed by atoms with Crippen LogP contribution in [0.5, 0.6) is 0 Å². The molecule has 0 fully saturated rings. The molecule has 3 heteroatoms. The van der Waals surface area contributed by atoms with Crippen molar-refractivity contribution >= 4 is 11.0 Å².